The number of hydrogen-bond donors (Lipinski definition) is 1. The van der Waals surface area contributed by atoms with Crippen LogP contribution in [0.1, 0.15) is 30.0 Å². The third-order valence-electron chi connectivity index (χ3n) is 3.65. The molecule has 0 radical (unpaired) electrons. The van der Waals surface area contributed by atoms with Gasteiger partial charge in [-0.1, -0.05) is 13.8 Å². The largest absolute Gasteiger partial charge is 0.312 e. The molecule has 1 saturated heterocycles. The third-order valence-corrected chi connectivity index (χ3v) is 8.19. The van der Waals surface area contributed by atoms with Crippen molar-refractivity contribution in [1.82, 2.24) is 9.62 Å². The zero-order valence-electron chi connectivity index (χ0n) is 12.9. The number of thiophene rings is 1. The molecule has 0 spiro atoms. The zero-order valence-corrected chi connectivity index (χ0v) is 15.3. The molecule has 0 bridgehead atoms. The van der Waals surface area contributed by atoms with Gasteiger partial charge in [0.1, 0.15) is 0 Å². The lowest BCUT2D eigenvalue weighted by atomic mass is 10.3. The summed E-state index contributed by atoms with van der Waals surface area (Å²) in [7, 11) is -3.34. The highest BCUT2D eigenvalue weighted by Gasteiger charge is 2.31. The van der Waals surface area contributed by atoms with E-state index in [4.69, 9.17) is 0 Å². The van der Waals surface area contributed by atoms with E-state index in [-0.39, 0.29) is 0 Å². The Morgan fingerprint density at radius 2 is 2.19 bits per heavy atom. The molecule has 0 aromatic carbocycles. The maximum absolute atomic E-state index is 12.9. The first-order valence-electron chi connectivity index (χ1n) is 7.40. The normalized spacial score (nSPS) is 20.8. The van der Waals surface area contributed by atoms with Crippen molar-refractivity contribution in [3.8, 4) is 0 Å². The Hall–Kier alpha value is -0.0800. The van der Waals surface area contributed by atoms with Crippen molar-refractivity contribution in [2.45, 2.75) is 43.9 Å². The highest BCUT2D eigenvalue weighted by atomic mass is 32.2. The summed E-state index contributed by atoms with van der Waals surface area (Å²) in [6.07, 6.45) is 1.02. The van der Waals surface area contributed by atoms with Crippen molar-refractivity contribution < 1.29 is 8.42 Å². The van der Waals surface area contributed by atoms with Crippen LogP contribution in [0, 0.1) is 6.92 Å². The lowest BCUT2D eigenvalue weighted by Crippen LogP contribution is -2.41. The summed E-state index contributed by atoms with van der Waals surface area (Å²) in [4.78, 5) is 2.49. The first kappa shape index (κ1) is 17.3. The summed E-state index contributed by atoms with van der Waals surface area (Å²) >= 11 is 3.46. The molecule has 1 atom stereocenters. The monoisotopic (exact) mass is 348 g/mol. The quantitative estimate of drug-likeness (QED) is 0.859. The van der Waals surface area contributed by atoms with Crippen LogP contribution in [-0.4, -0.2) is 43.4 Å². The Morgan fingerprint density at radius 3 is 2.86 bits per heavy atom. The summed E-state index contributed by atoms with van der Waals surface area (Å²) in [6, 6.07) is 1.85. The van der Waals surface area contributed by atoms with E-state index in [0.717, 1.165) is 35.0 Å². The van der Waals surface area contributed by atoms with Gasteiger partial charge in [0, 0.05) is 40.4 Å². The van der Waals surface area contributed by atoms with Crippen LogP contribution in [0.2, 0.25) is 0 Å². The minimum Gasteiger partial charge on any atom is -0.312 e. The number of hydrogen-bond acceptors (Lipinski definition) is 5. The predicted molar refractivity (Wildman–Crippen MR) is 91.7 cm³/mol. The number of sulfonamides is 1. The Kier molecular flexibility index (Phi) is 6.14. The maximum atomic E-state index is 12.9. The molecule has 120 valence electrons. The molecular weight excluding hydrogens is 324 g/mol. The van der Waals surface area contributed by atoms with Crippen LogP contribution >= 0.6 is 23.1 Å². The molecule has 1 aromatic rings. The number of thioether (sulfide) groups is 1. The summed E-state index contributed by atoms with van der Waals surface area (Å²) in [5.74, 6) is 0.894. The van der Waals surface area contributed by atoms with Gasteiger partial charge in [0.25, 0.3) is 0 Å². The Morgan fingerprint density at radius 1 is 1.43 bits per heavy atom. The summed E-state index contributed by atoms with van der Waals surface area (Å²) in [6.45, 7) is 8.98. The SMILES string of the molecule is CCNCc1cc(S(=O)(=O)N2CCSC(CC)C2)c(C)s1. The van der Waals surface area contributed by atoms with E-state index >= 15 is 0 Å². The van der Waals surface area contributed by atoms with Crippen molar-refractivity contribution >= 4 is 33.1 Å². The van der Waals surface area contributed by atoms with Gasteiger partial charge in [-0.05, 0) is 26.0 Å². The minimum absolute atomic E-state index is 0.425. The molecule has 2 rings (SSSR count). The number of nitrogens with one attached hydrogen (secondary N) is 1. The lowest BCUT2D eigenvalue weighted by Gasteiger charge is -2.31. The fourth-order valence-electron chi connectivity index (χ4n) is 2.41. The Balaban J connectivity index is 2.20. The highest BCUT2D eigenvalue weighted by molar-refractivity contribution is 8.00. The van der Waals surface area contributed by atoms with Gasteiger partial charge in [-0.15, -0.1) is 11.3 Å². The molecule has 4 nitrogen and oxygen atoms in total. The average molecular weight is 349 g/mol. The third kappa shape index (κ3) is 4.01. The van der Waals surface area contributed by atoms with E-state index in [1.807, 2.05) is 24.8 Å². The topological polar surface area (TPSA) is 49.4 Å². The fourth-order valence-corrected chi connectivity index (χ4v) is 6.86. The fraction of sp³-hybridized carbons (Fsp3) is 0.714. The lowest BCUT2D eigenvalue weighted by molar-refractivity contribution is 0.416. The van der Waals surface area contributed by atoms with E-state index in [0.29, 0.717) is 23.2 Å². The van der Waals surface area contributed by atoms with Crippen molar-refractivity contribution in [3.63, 3.8) is 0 Å². The smallest absolute Gasteiger partial charge is 0.244 e. The van der Waals surface area contributed by atoms with Crippen LogP contribution in [-0.2, 0) is 16.6 Å². The zero-order chi connectivity index (χ0) is 15.5. The number of nitrogens with zero attached hydrogens (tertiary/aromatic N) is 1. The van der Waals surface area contributed by atoms with Crippen molar-refractivity contribution in [2.75, 3.05) is 25.4 Å². The molecule has 7 heteroatoms. The van der Waals surface area contributed by atoms with Gasteiger partial charge in [-0.3, -0.25) is 0 Å². The Bertz CT molecular complexity index is 569. The second kappa shape index (κ2) is 7.46. The van der Waals surface area contributed by atoms with E-state index < -0.39 is 10.0 Å². The van der Waals surface area contributed by atoms with Crippen LogP contribution in [0.5, 0.6) is 0 Å². The Labute approximate surface area is 136 Å². The van der Waals surface area contributed by atoms with Crippen LogP contribution in [0.3, 0.4) is 0 Å². The summed E-state index contributed by atoms with van der Waals surface area (Å²) < 4.78 is 27.4. The van der Waals surface area contributed by atoms with E-state index in [2.05, 4.69) is 19.2 Å². The molecule has 2 heterocycles. The number of aryl methyl sites for hydroxylation is 1. The molecule has 0 amide bonds. The van der Waals surface area contributed by atoms with Crippen molar-refractivity contribution in [3.05, 3.63) is 15.8 Å². The molecule has 1 aliphatic heterocycles. The summed E-state index contributed by atoms with van der Waals surface area (Å²) in [5.41, 5.74) is 0. The van der Waals surface area contributed by atoms with E-state index in [9.17, 15) is 8.42 Å². The van der Waals surface area contributed by atoms with Gasteiger partial charge in [-0.2, -0.15) is 16.1 Å². The molecule has 21 heavy (non-hydrogen) atoms. The van der Waals surface area contributed by atoms with E-state index in [1.165, 1.54) is 0 Å². The van der Waals surface area contributed by atoms with Gasteiger partial charge in [0.15, 0.2) is 0 Å². The van der Waals surface area contributed by atoms with Gasteiger partial charge >= 0.3 is 0 Å². The number of rotatable bonds is 6. The van der Waals surface area contributed by atoms with Gasteiger partial charge in [-0.25, -0.2) is 8.42 Å². The van der Waals surface area contributed by atoms with Crippen molar-refractivity contribution in [1.29, 1.82) is 0 Å². The molecule has 1 unspecified atom stereocenters. The standard InChI is InChI=1S/C14H24N2O2S3/c1-4-12-10-16(6-7-19-12)21(17,18)14-8-13(9-15-5-2)20-11(14)3/h8,12,15H,4-7,9-10H2,1-3H3. The van der Waals surface area contributed by atoms with E-state index in [1.54, 1.807) is 15.6 Å². The van der Waals surface area contributed by atoms with Crippen molar-refractivity contribution in [2.24, 2.45) is 0 Å². The predicted octanol–water partition coefficient (Wildman–Crippen LogP) is 2.68. The maximum Gasteiger partial charge on any atom is 0.244 e. The minimum atomic E-state index is -3.34. The van der Waals surface area contributed by atoms with Crippen LogP contribution in [0.25, 0.3) is 0 Å². The average Bonchev–Trinajstić information content (AvgIpc) is 2.87. The first-order chi connectivity index (χ1) is 9.98. The molecule has 1 aliphatic rings. The highest BCUT2D eigenvalue weighted by Crippen LogP contribution is 2.31. The van der Waals surface area contributed by atoms with Gasteiger partial charge < -0.3 is 5.32 Å². The van der Waals surface area contributed by atoms with Gasteiger partial charge in [0.2, 0.25) is 10.0 Å². The molecule has 1 fully saturated rings. The molecule has 0 aliphatic carbocycles. The van der Waals surface area contributed by atoms with Crippen LogP contribution in [0.4, 0.5) is 0 Å². The molecule has 0 saturated carbocycles. The molecule has 1 aromatic heterocycles. The second-order valence-electron chi connectivity index (χ2n) is 5.18. The van der Waals surface area contributed by atoms with Crippen LogP contribution < -0.4 is 5.32 Å². The molecular formula is C14H24N2O2S3. The second-order valence-corrected chi connectivity index (χ2v) is 9.83. The molecule has 1 N–H and O–H groups in total. The summed E-state index contributed by atoms with van der Waals surface area (Å²) in [5, 5.41) is 3.68. The first-order valence-corrected chi connectivity index (χ1v) is 10.7. The van der Waals surface area contributed by atoms with Gasteiger partial charge in [0.05, 0.1) is 4.90 Å². The van der Waals surface area contributed by atoms with Crippen LogP contribution in [0.15, 0.2) is 11.0 Å².